The van der Waals surface area contributed by atoms with Crippen LogP contribution in [0.2, 0.25) is 0 Å². The zero-order chi connectivity index (χ0) is 12.3. The van der Waals surface area contributed by atoms with Gasteiger partial charge in [0.05, 0.1) is 6.42 Å². The maximum absolute atomic E-state index is 12.0. The fraction of sp³-hybridized carbons (Fsp3) is 0.636. The van der Waals surface area contributed by atoms with Gasteiger partial charge in [0.2, 0.25) is 0 Å². The van der Waals surface area contributed by atoms with Gasteiger partial charge in [-0.3, -0.25) is 0 Å². The Kier molecular flexibility index (Phi) is 4.02. The highest BCUT2D eigenvalue weighted by molar-refractivity contribution is 5.15. The van der Waals surface area contributed by atoms with E-state index in [0.29, 0.717) is 0 Å². The molecule has 92 valence electrons. The minimum Gasteiger partial charge on any atom is -0.354 e. The van der Waals surface area contributed by atoms with Crippen LogP contribution in [0.15, 0.2) is 18.5 Å². The van der Waals surface area contributed by atoms with Crippen molar-refractivity contribution in [3.63, 3.8) is 0 Å². The van der Waals surface area contributed by atoms with Crippen molar-refractivity contribution >= 4 is 0 Å². The first-order valence-electron chi connectivity index (χ1n) is 5.27. The summed E-state index contributed by atoms with van der Waals surface area (Å²) >= 11 is 0. The largest absolute Gasteiger partial charge is 0.390 e. The lowest BCUT2D eigenvalue weighted by atomic mass is 10.00. The van der Waals surface area contributed by atoms with E-state index in [1.54, 1.807) is 18.5 Å². The van der Waals surface area contributed by atoms with E-state index in [0.717, 1.165) is 5.56 Å². The van der Waals surface area contributed by atoms with Crippen LogP contribution in [0.5, 0.6) is 0 Å². The van der Waals surface area contributed by atoms with E-state index < -0.39 is 12.6 Å². The normalized spacial score (nSPS) is 14.4. The lowest BCUT2D eigenvalue weighted by molar-refractivity contribution is -0.136. The third kappa shape index (κ3) is 3.89. The standard InChI is InChI=1S/C11H17F3N2/c1-8(2)10(15)9-3-5-16(7-9)6-4-11(12,13)14/h3,5,7-8,10H,4,6,15H2,1-2H3. The molecule has 5 heteroatoms. The number of aromatic nitrogens is 1. The molecule has 16 heavy (non-hydrogen) atoms. The summed E-state index contributed by atoms with van der Waals surface area (Å²) in [5.74, 6) is 0.276. The van der Waals surface area contributed by atoms with Crippen LogP contribution in [0.4, 0.5) is 13.2 Å². The minimum absolute atomic E-state index is 0.0473. The van der Waals surface area contributed by atoms with E-state index in [9.17, 15) is 13.2 Å². The van der Waals surface area contributed by atoms with Gasteiger partial charge in [-0.15, -0.1) is 0 Å². The molecule has 1 aromatic heterocycles. The number of hydrogen-bond donors (Lipinski definition) is 1. The molecule has 1 unspecified atom stereocenters. The molecule has 1 rings (SSSR count). The van der Waals surface area contributed by atoms with E-state index in [1.807, 2.05) is 13.8 Å². The molecule has 0 aliphatic rings. The van der Waals surface area contributed by atoms with Crippen molar-refractivity contribution in [1.29, 1.82) is 0 Å². The Morgan fingerprint density at radius 2 is 2.00 bits per heavy atom. The van der Waals surface area contributed by atoms with Gasteiger partial charge in [0.25, 0.3) is 0 Å². The van der Waals surface area contributed by atoms with Crippen LogP contribution in [-0.4, -0.2) is 10.7 Å². The lowest BCUT2D eigenvalue weighted by Crippen LogP contribution is -2.16. The molecule has 2 nitrogen and oxygen atoms in total. The van der Waals surface area contributed by atoms with Crippen LogP contribution < -0.4 is 5.73 Å². The summed E-state index contributed by atoms with van der Waals surface area (Å²) in [5.41, 5.74) is 6.78. The van der Waals surface area contributed by atoms with Crippen molar-refractivity contribution in [3.8, 4) is 0 Å². The number of alkyl halides is 3. The van der Waals surface area contributed by atoms with E-state index >= 15 is 0 Å². The fourth-order valence-electron chi connectivity index (χ4n) is 1.44. The molecule has 0 spiro atoms. The number of rotatable bonds is 4. The first kappa shape index (κ1) is 13.1. The number of nitrogens with zero attached hydrogens (tertiary/aromatic N) is 1. The average molecular weight is 234 g/mol. The fourth-order valence-corrected chi connectivity index (χ4v) is 1.44. The molecular formula is C11H17F3N2. The summed E-state index contributed by atoms with van der Waals surface area (Å²) in [4.78, 5) is 0. The molecule has 1 atom stereocenters. The summed E-state index contributed by atoms with van der Waals surface area (Å²) < 4.78 is 37.5. The molecule has 1 heterocycles. The molecular weight excluding hydrogens is 217 g/mol. The van der Waals surface area contributed by atoms with E-state index in [4.69, 9.17) is 5.73 Å². The van der Waals surface area contributed by atoms with Crippen LogP contribution in [-0.2, 0) is 6.54 Å². The molecule has 0 saturated heterocycles. The summed E-state index contributed by atoms with van der Waals surface area (Å²) in [6.07, 6.45) is -1.58. The van der Waals surface area contributed by atoms with Crippen LogP contribution in [0.25, 0.3) is 0 Å². The van der Waals surface area contributed by atoms with Gasteiger partial charge in [0, 0.05) is 25.0 Å². The highest BCUT2D eigenvalue weighted by atomic mass is 19.4. The number of halogens is 3. The van der Waals surface area contributed by atoms with Gasteiger partial charge in [0.15, 0.2) is 0 Å². The molecule has 0 amide bonds. The molecule has 0 saturated carbocycles. The van der Waals surface area contributed by atoms with Crippen molar-refractivity contribution in [2.45, 2.75) is 39.0 Å². The van der Waals surface area contributed by atoms with Crippen LogP contribution in [0.3, 0.4) is 0 Å². The lowest BCUT2D eigenvalue weighted by Gasteiger charge is -2.13. The summed E-state index contributed by atoms with van der Waals surface area (Å²) in [6.45, 7) is 3.92. The second-order valence-electron chi connectivity index (χ2n) is 4.32. The number of hydrogen-bond acceptors (Lipinski definition) is 1. The molecule has 2 N–H and O–H groups in total. The molecule has 1 aromatic rings. The van der Waals surface area contributed by atoms with Gasteiger partial charge in [-0.2, -0.15) is 13.2 Å². The first-order chi connectivity index (χ1) is 7.29. The average Bonchev–Trinajstić information content (AvgIpc) is 2.60. The van der Waals surface area contributed by atoms with Crippen molar-refractivity contribution in [3.05, 3.63) is 24.0 Å². The monoisotopic (exact) mass is 234 g/mol. The van der Waals surface area contributed by atoms with Gasteiger partial charge in [-0.25, -0.2) is 0 Å². The van der Waals surface area contributed by atoms with Crippen molar-refractivity contribution in [2.75, 3.05) is 0 Å². The Labute approximate surface area is 93.2 Å². The SMILES string of the molecule is CC(C)C(N)c1ccn(CCC(F)(F)F)c1. The second kappa shape index (κ2) is 4.91. The predicted octanol–water partition coefficient (Wildman–Crippen LogP) is 3.10. The summed E-state index contributed by atoms with van der Waals surface area (Å²) in [5, 5.41) is 0. The van der Waals surface area contributed by atoms with Gasteiger partial charge in [-0.05, 0) is 17.5 Å². The molecule has 0 fully saturated rings. The summed E-state index contributed by atoms with van der Waals surface area (Å²) in [6, 6.07) is 1.66. The van der Waals surface area contributed by atoms with E-state index in [-0.39, 0.29) is 18.5 Å². The number of aryl methyl sites for hydroxylation is 1. The molecule has 0 aliphatic carbocycles. The smallest absolute Gasteiger partial charge is 0.354 e. The zero-order valence-corrected chi connectivity index (χ0v) is 9.46. The van der Waals surface area contributed by atoms with Crippen molar-refractivity contribution in [1.82, 2.24) is 4.57 Å². The van der Waals surface area contributed by atoms with Gasteiger partial charge in [-0.1, -0.05) is 13.8 Å². The van der Waals surface area contributed by atoms with Crippen molar-refractivity contribution in [2.24, 2.45) is 11.7 Å². The minimum atomic E-state index is -4.11. The van der Waals surface area contributed by atoms with Crippen LogP contribution >= 0.6 is 0 Å². The Morgan fingerprint density at radius 3 is 2.50 bits per heavy atom. The summed E-state index contributed by atoms with van der Waals surface area (Å²) in [7, 11) is 0. The predicted molar refractivity (Wildman–Crippen MR) is 56.9 cm³/mol. The Balaban J connectivity index is 2.58. The topological polar surface area (TPSA) is 30.9 Å². The molecule has 0 radical (unpaired) electrons. The van der Waals surface area contributed by atoms with Gasteiger partial charge < -0.3 is 10.3 Å². The third-order valence-electron chi connectivity index (χ3n) is 2.53. The van der Waals surface area contributed by atoms with Gasteiger partial charge >= 0.3 is 6.18 Å². The first-order valence-corrected chi connectivity index (χ1v) is 5.27. The maximum Gasteiger partial charge on any atom is 0.390 e. The zero-order valence-electron chi connectivity index (χ0n) is 9.46. The third-order valence-corrected chi connectivity index (χ3v) is 2.53. The Hall–Kier alpha value is -0.970. The number of nitrogens with two attached hydrogens (primary N) is 1. The van der Waals surface area contributed by atoms with E-state index in [2.05, 4.69) is 0 Å². The molecule has 0 aromatic carbocycles. The Morgan fingerprint density at radius 1 is 1.38 bits per heavy atom. The maximum atomic E-state index is 12.0. The molecule has 0 aliphatic heterocycles. The van der Waals surface area contributed by atoms with Crippen LogP contribution in [0.1, 0.15) is 31.9 Å². The highest BCUT2D eigenvalue weighted by Crippen LogP contribution is 2.22. The van der Waals surface area contributed by atoms with Crippen LogP contribution in [0, 0.1) is 5.92 Å². The quantitative estimate of drug-likeness (QED) is 0.852. The van der Waals surface area contributed by atoms with Crippen molar-refractivity contribution < 1.29 is 13.2 Å². The van der Waals surface area contributed by atoms with Gasteiger partial charge in [0.1, 0.15) is 0 Å². The molecule has 0 bridgehead atoms. The Bertz CT molecular complexity index is 328. The van der Waals surface area contributed by atoms with E-state index in [1.165, 1.54) is 4.57 Å². The highest BCUT2D eigenvalue weighted by Gasteiger charge is 2.26. The second-order valence-corrected chi connectivity index (χ2v) is 4.32.